The van der Waals surface area contributed by atoms with E-state index >= 15 is 0 Å². The van der Waals surface area contributed by atoms with Gasteiger partial charge in [0.05, 0.1) is 6.61 Å². The number of carbonyl (C=O) groups excluding carboxylic acids is 1. The van der Waals surface area contributed by atoms with Crippen molar-refractivity contribution in [2.45, 2.75) is 18.1 Å². The Balaban J connectivity index is 3.75. The standard InChI is InChI=1S/C11H16O4S/c1-3-4-9(16-2)7-8-15-11(14)6-5-10(12)13/h3,5-6,9H,1,4,7-8H2,2H3,(H,12,13). The van der Waals surface area contributed by atoms with Gasteiger partial charge in [0, 0.05) is 17.4 Å². The molecule has 0 aromatic heterocycles. The maximum absolute atomic E-state index is 11.0. The smallest absolute Gasteiger partial charge is 0.331 e. The number of allylic oxidation sites excluding steroid dienone is 1. The van der Waals surface area contributed by atoms with Gasteiger partial charge in [0.15, 0.2) is 0 Å². The van der Waals surface area contributed by atoms with Crippen molar-refractivity contribution in [1.29, 1.82) is 0 Å². The third kappa shape index (κ3) is 8.11. The summed E-state index contributed by atoms with van der Waals surface area (Å²) in [7, 11) is 0. The van der Waals surface area contributed by atoms with Crippen LogP contribution in [0.5, 0.6) is 0 Å². The topological polar surface area (TPSA) is 63.6 Å². The Morgan fingerprint density at radius 2 is 2.19 bits per heavy atom. The molecule has 0 aliphatic carbocycles. The van der Waals surface area contributed by atoms with Crippen molar-refractivity contribution in [3.05, 3.63) is 24.8 Å². The predicted octanol–water partition coefficient (Wildman–Crippen LogP) is 1.87. The van der Waals surface area contributed by atoms with Gasteiger partial charge in [-0.05, 0) is 19.1 Å². The zero-order chi connectivity index (χ0) is 12.4. The molecule has 0 saturated carbocycles. The van der Waals surface area contributed by atoms with E-state index in [1.165, 1.54) is 0 Å². The molecule has 4 nitrogen and oxygen atoms in total. The summed E-state index contributed by atoms with van der Waals surface area (Å²) in [6, 6.07) is 0. The fourth-order valence-electron chi connectivity index (χ4n) is 0.996. The average Bonchev–Trinajstić information content (AvgIpc) is 2.25. The molecule has 0 aliphatic rings. The third-order valence-corrected chi connectivity index (χ3v) is 2.90. The van der Waals surface area contributed by atoms with Gasteiger partial charge in [-0.3, -0.25) is 0 Å². The molecule has 0 spiro atoms. The van der Waals surface area contributed by atoms with E-state index in [1.54, 1.807) is 11.8 Å². The first-order valence-corrected chi connectivity index (χ1v) is 6.10. The highest BCUT2D eigenvalue weighted by atomic mass is 32.2. The molecule has 0 aromatic carbocycles. The van der Waals surface area contributed by atoms with Crippen LogP contribution in [-0.2, 0) is 14.3 Å². The van der Waals surface area contributed by atoms with Gasteiger partial charge in [-0.25, -0.2) is 9.59 Å². The number of carbonyl (C=O) groups is 2. The number of carboxylic acids is 1. The fourth-order valence-corrected chi connectivity index (χ4v) is 1.66. The Morgan fingerprint density at radius 1 is 1.50 bits per heavy atom. The van der Waals surface area contributed by atoms with Crippen molar-refractivity contribution in [2.24, 2.45) is 0 Å². The van der Waals surface area contributed by atoms with Crippen LogP contribution in [0.2, 0.25) is 0 Å². The first kappa shape index (κ1) is 14.8. The summed E-state index contributed by atoms with van der Waals surface area (Å²) in [6.07, 6.45) is 7.08. The van der Waals surface area contributed by atoms with Gasteiger partial charge in [-0.2, -0.15) is 11.8 Å². The van der Waals surface area contributed by atoms with Crippen LogP contribution >= 0.6 is 11.8 Å². The Labute approximate surface area is 99.4 Å². The monoisotopic (exact) mass is 244 g/mol. The number of rotatable bonds is 8. The van der Waals surface area contributed by atoms with Crippen LogP contribution in [-0.4, -0.2) is 35.2 Å². The van der Waals surface area contributed by atoms with E-state index in [1.807, 2.05) is 12.3 Å². The molecule has 0 bridgehead atoms. The summed E-state index contributed by atoms with van der Waals surface area (Å²) in [5.41, 5.74) is 0. The van der Waals surface area contributed by atoms with Gasteiger partial charge < -0.3 is 9.84 Å². The molecule has 0 amide bonds. The Kier molecular flexibility index (Phi) is 8.34. The van der Waals surface area contributed by atoms with Gasteiger partial charge in [-0.1, -0.05) is 6.08 Å². The normalized spacial score (nSPS) is 12.3. The maximum Gasteiger partial charge on any atom is 0.331 e. The molecule has 0 saturated heterocycles. The van der Waals surface area contributed by atoms with Crippen LogP contribution in [0.1, 0.15) is 12.8 Å². The number of thioether (sulfide) groups is 1. The van der Waals surface area contributed by atoms with E-state index in [4.69, 9.17) is 9.84 Å². The number of hydrogen-bond acceptors (Lipinski definition) is 4. The molecule has 16 heavy (non-hydrogen) atoms. The highest BCUT2D eigenvalue weighted by Gasteiger charge is 2.06. The minimum Gasteiger partial charge on any atom is -0.478 e. The van der Waals surface area contributed by atoms with Crippen LogP contribution in [0.25, 0.3) is 0 Å². The number of ether oxygens (including phenoxy) is 1. The molecule has 1 unspecified atom stereocenters. The van der Waals surface area contributed by atoms with Crippen molar-refractivity contribution in [3.63, 3.8) is 0 Å². The van der Waals surface area contributed by atoms with E-state index < -0.39 is 11.9 Å². The Hall–Kier alpha value is -1.23. The van der Waals surface area contributed by atoms with Crippen molar-refractivity contribution in [2.75, 3.05) is 12.9 Å². The summed E-state index contributed by atoms with van der Waals surface area (Å²) in [6.45, 7) is 3.94. The number of esters is 1. The van der Waals surface area contributed by atoms with Crippen LogP contribution < -0.4 is 0 Å². The molecule has 0 aliphatic heterocycles. The van der Waals surface area contributed by atoms with Gasteiger partial charge in [0.2, 0.25) is 0 Å². The molecular formula is C11H16O4S. The summed E-state index contributed by atoms with van der Waals surface area (Å²) in [4.78, 5) is 21.1. The third-order valence-electron chi connectivity index (χ3n) is 1.81. The first-order valence-electron chi connectivity index (χ1n) is 4.81. The molecule has 0 heterocycles. The van der Waals surface area contributed by atoms with Gasteiger partial charge in [-0.15, -0.1) is 6.58 Å². The molecule has 0 aromatic rings. The summed E-state index contributed by atoms with van der Waals surface area (Å²) in [5, 5.41) is 8.66. The van der Waals surface area contributed by atoms with Crippen molar-refractivity contribution < 1.29 is 19.4 Å². The highest BCUT2D eigenvalue weighted by Crippen LogP contribution is 2.15. The molecular weight excluding hydrogens is 228 g/mol. The number of carboxylic acid groups (broad SMARTS) is 1. The van der Waals surface area contributed by atoms with E-state index in [2.05, 4.69) is 6.58 Å². The zero-order valence-electron chi connectivity index (χ0n) is 9.22. The van der Waals surface area contributed by atoms with E-state index in [0.717, 1.165) is 25.0 Å². The van der Waals surface area contributed by atoms with E-state index in [9.17, 15) is 9.59 Å². The van der Waals surface area contributed by atoms with Gasteiger partial charge >= 0.3 is 11.9 Å². The minimum atomic E-state index is -1.16. The predicted molar refractivity (Wildman–Crippen MR) is 64.5 cm³/mol. The molecule has 5 heteroatoms. The Morgan fingerprint density at radius 3 is 2.69 bits per heavy atom. The second-order valence-corrected chi connectivity index (χ2v) is 4.15. The van der Waals surface area contributed by atoms with E-state index in [-0.39, 0.29) is 0 Å². The van der Waals surface area contributed by atoms with Crippen LogP contribution in [0, 0.1) is 0 Å². The molecule has 0 fully saturated rings. The lowest BCUT2D eigenvalue weighted by Crippen LogP contribution is -2.09. The summed E-state index contributed by atoms with van der Waals surface area (Å²) < 4.78 is 4.83. The van der Waals surface area contributed by atoms with Crippen LogP contribution in [0.3, 0.4) is 0 Å². The van der Waals surface area contributed by atoms with Gasteiger partial charge in [0.1, 0.15) is 0 Å². The number of hydrogen-bond donors (Lipinski definition) is 1. The maximum atomic E-state index is 11.0. The number of aliphatic carboxylic acids is 1. The van der Waals surface area contributed by atoms with Crippen molar-refractivity contribution >= 4 is 23.7 Å². The lowest BCUT2D eigenvalue weighted by Gasteiger charge is -2.11. The summed E-state index contributed by atoms with van der Waals surface area (Å²) in [5.74, 6) is -1.79. The molecule has 0 radical (unpaired) electrons. The summed E-state index contributed by atoms with van der Waals surface area (Å²) >= 11 is 1.69. The SMILES string of the molecule is C=CCC(CCOC(=O)C=CC(=O)O)SC. The second kappa shape index (κ2) is 9.03. The largest absolute Gasteiger partial charge is 0.478 e. The van der Waals surface area contributed by atoms with Crippen LogP contribution in [0.4, 0.5) is 0 Å². The lowest BCUT2D eigenvalue weighted by atomic mass is 10.2. The van der Waals surface area contributed by atoms with E-state index in [0.29, 0.717) is 11.9 Å². The Bertz CT molecular complexity index is 273. The average molecular weight is 244 g/mol. The second-order valence-electron chi connectivity index (χ2n) is 3.01. The fraction of sp³-hybridized carbons (Fsp3) is 0.455. The van der Waals surface area contributed by atoms with Crippen molar-refractivity contribution in [3.8, 4) is 0 Å². The molecule has 0 rings (SSSR count). The van der Waals surface area contributed by atoms with Crippen molar-refractivity contribution in [1.82, 2.24) is 0 Å². The molecule has 90 valence electrons. The first-order chi connectivity index (χ1) is 7.60. The van der Waals surface area contributed by atoms with Gasteiger partial charge in [0.25, 0.3) is 0 Å². The zero-order valence-corrected chi connectivity index (χ0v) is 10.0. The lowest BCUT2D eigenvalue weighted by molar-refractivity contribution is -0.138. The highest BCUT2D eigenvalue weighted by molar-refractivity contribution is 7.99. The minimum absolute atomic E-state index is 0.294. The molecule has 1 N–H and O–H groups in total. The molecule has 1 atom stereocenters. The van der Waals surface area contributed by atoms with Crippen LogP contribution in [0.15, 0.2) is 24.8 Å². The quantitative estimate of drug-likeness (QED) is 0.401.